The summed E-state index contributed by atoms with van der Waals surface area (Å²) in [5.74, 6) is 0.551. The third-order valence-electron chi connectivity index (χ3n) is 2.10. The molecule has 0 aliphatic rings. The van der Waals surface area contributed by atoms with Gasteiger partial charge in [-0.05, 0) is 17.0 Å². The Morgan fingerprint density at radius 2 is 2.00 bits per heavy atom. The molecule has 1 aromatic rings. The number of nitrogens with two attached hydrogens (primary N) is 2. The molecule has 1 rings (SSSR count). The van der Waals surface area contributed by atoms with Crippen LogP contribution in [-0.2, 0) is 12.0 Å². The minimum absolute atomic E-state index is 0.0752. The Kier molecular flexibility index (Phi) is 2.57. The molecular formula is C10H17N3. The molecule has 0 unspecified atom stereocenters. The molecule has 0 aliphatic carbocycles. The fourth-order valence-electron chi connectivity index (χ4n) is 1.43. The smallest absolute Gasteiger partial charge is 0.128 e. The van der Waals surface area contributed by atoms with Crippen LogP contribution in [0.2, 0.25) is 0 Å². The molecule has 3 nitrogen and oxygen atoms in total. The van der Waals surface area contributed by atoms with Gasteiger partial charge in [0.2, 0.25) is 0 Å². The van der Waals surface area contributed by atoms with Crippen LogP contribution in [0.5, 0.6) is 0 Å². The molecule has 0 spiro atoms. The van der Waals surface area contributed by atoms with E-state index in [1.54, 1.807) is 6.20 Å². The molecule has 13 heavy (non-hydrogen) atoms. The Balaban J connectivity index is 3.29. The number of aromatic nitrogens is 1. The van der Waals surface area contributed by atoms with Gasteiger partial charge in [0.25, 0.3) is 0 Å². The van der Waals surface area contributed by atoms with Gasteiger partial charge in [-0.3, -0.25) is 0 Å². The molecule has 0 saturated heterocycles. The number of nitrogens with zero attached hydrogens (tertiary/aromatic N) is 1. The van der Waals surface area contributed by atoms with Crippen LogP contribution in [0.3, 0.4) is 0 Å². The van der Waals surface area contributed by atoms with Crippen molar-refractivity contribution < 1.29 is 0 Å². The summed E-state index contributed by atoms with van der Waals surface area (Å²) in [5.41, 5.74) is 13.6. The largest absolute Gasteiger partial charge is 0.383 e. The number of hydrogen-bond acceptors (Lipinski definition) is 3. The summed E-state index contributed by atoms with van der Waals surface area (Å²) >= 11 is 0. The predicted molar refractivity (Wildman–Crippen MR) is 55.2 cm³/mol. The van der Waals surface area contributed by atoms with E-state index in [1.165, 1.54) is 5.56 Å². The number of rotatable bonds is 1. The van der Waals surface area contributed by atoms with Gasteiger partial charge in [-0.25, -0.2) is 4.98 Å². The first-order chi connectivity index (χ1) is 5.96. The summed E-state index contributed by atoms with van der Waals surface area (Å²) in [6.45, 7) is 6.87. The molecule has 1 heterocycles. The number of pyridine rings is 1. The van der Waals surface area contributed by atoms with E-state index in [2.05, 4.69) is 25.8 Å². The second-order valence-electron chi connectivity index (χ2n) is 4.18. The van der Waals surface area contributed by atoms with Gasteiger partial charge in [-0.2, -0.15) is 0 Å². The summed E-state index contributed by atoms with van der Waals surface area (Å²) in [7, 11) is 0. The van der Waals surface area contributed by atoms with Crippen molar-refractivity contribution in [3.63, 3.8) is 0 Å². The van der Waals surface area contributed by atoms with Gasteiger partial charge in [0.1, 0.15) is 5.82 Å². The van der Waals surface area contributed by atoms with Crippen molar-refractivity contribution >= 4 is 5.82 Å². The lowest BCUT2D eigenvalue weighted by atomic mass is 9.84. The molecule has 3 heteroatoms. The summed E-state index contributed by atoms with van der Waals surface area (Å²) in [6.07, 6.45) is 1.73. The Labute approximate surface area is 79.2 Å². The van der Waals surface area contributed by atoms with Gasteiger partial charge in [0.15, 0.2) is 0 Å². The first kappa shape index (κ1) is 9.99. The lowest BCUT2D eigenvalue weighted by molar-refractivity contribution is 0.582. The van der Waals surface area contributed by atoms with E-state index in [4.69, 9.17) is 11.5 Å². The van der Waals surface area contributed by atoms with Crippen LogP contribution < -0.4 is 11.5 Å². The van der Waals surface area contributed by atoms with Crippen LogP contribution in [0, 0.1) is 0 Å². The number of hydrogen-bond donors (Lipinski definition) is 2. The molecule has 0 saturated carbocycles. The van der Waals surface area contributed by atoms with Gasteiger partial charge in [-0.15, -0.1) is 0 Å². The highest BCUT2D eigenvalue weighted by Gasteiger charge is 2.18. The maximum Gasteiger partial charge on any atom is 0.128 e. The highest BCUT2D eigenvalue weighted by atomic mass is 14.8. The van der Waals surface area contributed by atoms with Crippen molar-refractivity contribution in [3.8, 4) is 0 Å². The topological polar surface area (TPSA) is 64.9 Å². The molecule has 1 aromatic heterocycles. The predicted octanol–water partition coefficient (Wildman–Crippen LogP) is 1.42. The molecule has 0 fully saturated rings. The first-order valence-corrected chi connectivity index (χ1v) is 4.40. The van der Waals surface area contributed by atoms with E-state index < -0.39 is 0 Å². The zero-order valence-electron chi connectivity index (χ0n) is 8.46. The van der Waals surface area contributed by atoms with E-state index in [9.17, 15) is 0 Å². The summed E-state index contributed by atoms with van der Waals surface area (Å²) in [4.78, 5) is 4.02. The molecule has 72 valence electrons. The lowest BCUT2D eigenvalue weighted by Gasteiger charge is -2.22. The van der Waals surface area contributed by atoms with Crippen LogP contribution in [0.15, 0.2) is 12.3 Å². The van der Waals surface area contributed by atoms with Crippen LogP contribution in [0.4, 0.5) is 5.82 Å². The van der Waals surface area contributed by atoms with E-state index in [-0.39, 0.29) is 5.41 Å². The SMILES string of the molecule is CC(C)(C)c1ccnc(N)c1CN. The summed E-state index contributed by atoms with van der Waals surface area (Å²) in [5, 5.41) is 0. The maximum absolute atomic E-state index is 5.74. The van der Waals surface area contributed by atoms with Crippen molar-refractivity contribution in [3.05, 3.63) is 23.4 Å². The van der Waals surface area contributed by atoms with E-state index in [0.717, 1.165) is 5.56 Å². The van der Waals surface area contributed by atoms with Gasteiger partial charge >= 0.3 is 0 Å². The molecule has 0 amide bonds. The average Bonchev–Trinajstić information content (AvgIpc) is 2.02. The average molecular weight is 179 g/mol. The van der Waals surface area contributed by atoms with Crippen LogP contribution in [-0.4, -0.2) is 4.98 Å². The Morgan fingerprint density at radius 3 is 2.38 bits per heavy atom. The van der Waals surface area contributed by atoms with Crippen LogP contribution in [0.1, 0.15) is 31.9 Å². The third-order valence-corrected chi connectivity index (χ3v) is 2.10. The van der Waals surface area contributed by atoms with E-state index >= 15 is 0 Å². The van der Waals surface area contributed by atoms with Crippen molar-refractivity contribution in [2.75, 3.05) is 5.73 Å². The molecule has 0 aromatic carbocycles. The zero-order valence-corrected chi connectivity index (χ0v) is 8.46. The molecule has 0 bridgehead atoms. The van der Waals surface area contributed by atoms with Crippen molar-refractivity contribution in [1.29, 1.82) is 0 Å². The maximum atomic E-state index is 5.74. The molecule has 4 N–H and O–H groups in total. The van der Waals surface area contributed by atoms with Crippen molar-refractivity contribution in [1.82, 2.24) is 4.98 Å². The van der Waals surface area contributed by atoms with Crippen LogP contribution >= 0.6 is 0 Å². The van der Waals surface area contributed by atoms with Gasteiger partial charge in [0, 0.05) is 18.3 Å². The standard InChI is InChI=1S/C10H17N3/c1-10(2,3)8-4-5-13-9(12)7(8)6-11/h4-5H,6,11H2,1-3H3,(H2,12,13). The second-order valence-corrected chi connectivity index (χ2v) is 4.18. The van der Waals surface area contributed by atoms with E-state index in [0.29, 0.717) is 12.4 Å². The first-order valence-electron chi connectivity index (χ1n) is 4.40. The van der Waals surface area contributed by atoms with E-state index in [1.807, 2.05) is 6.07 Å². The highest BCUT2D eigenvalue weighted by molar-refractivity contribution is 5.46. The number of anilines is 1. The fourth-order valence-corrected chi connectivity index (χ4v) is 1.43. The van der Waals surface area contributed by atoms with Crippen molar-refractivity contribution in [2.45, 2.75) is 32.7 Å². The fraction of sp³-hybridized carbons (Fsp3) is 0.500. The summed E-state index contributed by atoms with van der Waals surface area (Å²) in [6, 6.07) is 1.98. The quantitative estimate of drug-likeness (QED) is 0.685. The second kappa shape index (κ2) is 3.34. The minimum Gasteiger partial charge on any atom is -0.383 e. The Morgan fingerprint density at radius 1 is 1.38 bits per heavy atom. The molecular weight excluding hydrogens is 162 g/mol. The minimum atomic E-state index is 0.0752. The van der Waals surface area contributed by atoms with Gasteiger partial charge < -0.3 is 11.5 Å². The number of nitrogen functional groups attached to an aromatic ring is 1. The highest BCUT2D eigenvalue weighted by Crippen LogP contribution is 2.27. The molecule has 0 radical (unpaired) electrons. The van der Waals surface area contributed by atoms with Crippen LogP contribution in [0.25, 0.3) is 0 Å². The Bertz CT molecular complexity index is 300. The monoisotopic (exact) mass is 179 g/mol. The third kappa shape index (κ3) is 1.98. The van der Waals surface area contributed by atoms with Crippen molar-refractivity contribution in [2.24, 2.45) is 5.73 Å². The van der Waals surface area contributed by atoms with Gasteiger partial charge in [-0.1, -0.05) is 20.8 Å². The summed E-state index contributed by atoms with van der Waals surface area (Å²) < 4.78 is 0. The zero-order chi connectivity index (χ0) is 10.1. The molecule has 0 atom stereocenters. The molecule has 0 aliphatic heterocycles. The van der Waals surface area contributed by atoms with Gasteiger partial charge in [0.05, 0.1) is 0 Å². The normalized spacial score (nSPS) is 11.7. The Hall–Kier alpha value is -1.09. The lowest BCUT2D eigenvalue weighted by Crippen LogP contribution is -2.18.